The maximum atomic E-state index is 12.5. The van der Waals surface area contributed by atoms with E-state index in [1.165, 1.54) is 16.2 Å². The van der Waals surface area contributed by atoms with Crippen molar-refractivity contribution in [3.05, 3.63) is 40.2 Å². The number of anilines is 1. The summed E-state index contributed by atoms with van der Waals surface area (Å²) in [4.78, 5) is 14.5. The van der Waals surface area contributed by atoms with Gasteiger partial charge in [-0.25, -0.2) is 0 Å². The zero-order valence-electron chi connectivity index (χ0n) is 10.8. The Kier molecular flexibility index (Phi) is 4.80. The zero-order chi connectivity index (χ0) is 14.7. The van der Waals surface area contributed by atoms with E-state index in [1.54, 1.807) is 6.08 Å². The highest BCUT2D eigenvalue weighted by molar-refractivity contribution is 9.10. The van der Waals surface area contributed by atoms with E-state index in [2.05, 4.69) is 22.5 Å². The van der Waals surface area contributed by atoms with Crippen molar-refractivity contribution >= 4 is 48.9 Å². The maximum absolute atomic E-state index is 12.5. The number of benzene rings is 1. The molecule has 0 fully saturated rings. The number of carbonyl (C=O) groups excluding carboxylic acids is 1. The van der Waals surface area contributed by atoms with E-state index in [9.17, 15) is 4.79 Å². The third-order valence-electron chi connectivity index (χ3n) is 2.89. The lowest BCUT2D eigenvalue weighted by Gasteiger charge is -2.19. The van der Waals surface area contributed by atoms with Gasteiger partial charge in [0.05, 0.1) is 12.3 Å². The first-order valence-electron chi connectivity index (χ1n) is 6.07. The summed E-state index contributed by atoms with van der Waals surface area (Å²) in [5, 5.41) is 9.91. The van der Waals surface area contributed by atoms with Crippen LogP contribution in [0.5, 0.6) is 0 Å². The molecule has 1 aromatic carbocycles. The van der Waals surface area contributed by atoms with E-state index in [0.29, 0.717) is 17.1 Å². The van der Waals surface area contributed by atoms with Crippen LogP contribution in [0.4, 0.5) is 5.69 Å². The molecule has 1 heterocycles. The minimum absolute atomic E-state index is 0.0874. The fourth-order valence-electron chi connectivity index (χ4n) is 1.94. The van der Waals surface area contributed by atoms with Gasteiger partial charge in [0.15, 0.2) is 0 Å². The number of hydrogen-bond donors (Lipinski definition) is 2. The number of thiophene rings is 1. The highest BCUT2D eigenvalue weighted by Crippen LogP contribution is 2.35. The van der Waals surface area contributed by atoms with Gasteiger partial charge >= 0.3 is 0 Å². The first kappa shape index (κ1) is 15.0. The summed E-state index contributed by atoms with van der Waals surface area (Å²) < 4.78 is 1.89. The number of fused-ring (bicyclic) bond motifs is 1. The van der Waals surface area contributed by atoms with Crippen molar-refractivity contribution in [3.63, 3.8) is 0 Å². The van der Waals surface area contributed by atoms with Crippen LogP contribution in [-0.2, 0) is 0 Å². The molecule has 2 rings (SSSR count). The third-order valence-corrected chi connectivity index (χ3v) is 4.56. The lowest BCUT2D eigenvalue weighted by molar-refractivity contribution is 0.0748. The van der Waals surface area contributed by atoms with Gasteiger partial charge in [0.1, 0.15) is 4.88 Å². The standard InChI is InChI=1S/C14H15BrN2O2S/c1-2-5-17(6-7-18)14(19)13-12(16)10-8-9(15)3-4-11(10)20-13/h2-4,8,18H,1,5-7,16H2. The van der Waals surface area contributed by atoms with E-state index in [1.807, 2.05) is 18.2 Å². The molecule has 0 unspecified atom stereocenters. The number of halogens is 1. The molecule has 1 amide bonds. The molecular formula is C14H15BrN2O2S. The molecule has 0 radical (unpaired) electrons. The summed E-state index contributed by atoms with van der Waals surface area (Å²) in [7, 11) is 0. The van der Waals surface area contributed by atoms with E-state index < -0.39 is 0 Å². The first-order chi connectivity index (χ1) is 9.58. The maximum Gasteiger partial charge on any atom is 0.266 e. The second-order valence-corrected chi connectivity index (χ2v) is 6.22. The van der Waals surface area contributed by atoms with Crippen molar-refractivity contribution in [2.75, 3.05) is 25.4 Å². The molecule has 0 aliphatic carbocycles. The Balaban J connectivity index is 2.43. The van der Waals surface area contributed by atoms with Gasteiger partial charge in [0.2, 0.25) is 0 Å². The number of rotatable bonds is 5. The summed E-state index contributed by atoms with van der Waals surface area (Å²) in [5.41, 5.74) is 6.58. The summed E-state index contributed by atoms with van der Waals surface area (Å²) >= 11 is 4.77. The van der Waals surface area contributed by atoms with E-state index in [4.69, 9.17) is 10.8 Å². The summed E-state index contributed by atoms with van der Waals surface area (Å²) in [6.45, 7) is 4.19. The lowest BCUT2D eigenvalue weighted by atomic mass is 10.2. The predicted octanol–water partition coefficient (Wildman–Crippen LogP) is 2.87. The molecule has 106 valence electrons. The quantitative estimate of drug-likeness (QED) is 0.811. The number of hydrogen-bond acceptors (Lipinski definition) is 4. The molecule has 0 aliphatic heterocycles. The van der Waals surface area contributed by atoms with Gasteiger partial charge in [-0.1, -0.05) is 22.0 Å². The Hall–Kier alpha value is -1.37. The minimum Gasteiger partial charge on any atom is -0.397 e. The molecule has 0 aliphatic rings. The second kappa shape index (κ2) is 6.39. The largest absolute Gasteiger partial charge is 0.397 e. The van der Waals surface area contributed by atoms with Crippen LogP contribution < -0.4 is 5.73 Å². The number of amides is 1. The van der Waals surface area contributed by atoms with Gasteiger partial charge in [0, 0.05) is 27.6 Å². The molecule has 3 N–H and O–H groups in total. The van der Waals surface area contributed by atoms with Gasteiger partial charge in [-0.05, 0) is 18.2 Å². The predicted molar refractivity (Wildman–Crippen MR) is 87.1 cm³/mol. The van der Waals surface area contributed by atoms with Crippen LogP contribution in [0.15, 0.2) is 35.3 Å². The van der Waals surface area contributed by atoms with Gasteiger partial charge in [-0.15, -0.1) is 17.9 Å². The Morgan fingerprint density at radius 2 is 2.30 bits per heavy atom. The number of nitrogen functional groups attached to an aromatic ring is 1. The molecule has 2 aromatic rings. The Morgan fingerprint density at radius 1 is 1.55 bits per heavy atom. The molecule has 6 heteroatoms. The van der Waals surface area contributed by atoms with Crippen molar-refractivity contribution in [1.82, 2.24) is 4.90 Å². The topological polar surface area (TPSA) is 66.6 Å². The van der Waals surface area contributed by atoms with Crippen LogP contribution in [-0.4, -0.2) is 35.6 Å². The fourth-order valence-corrected chi connectivity index (χ4v) is 3.38. The molecule has 0 bridgehead atoms. The molecule has 0 spiro atoms. The highest BCUT2D eigenvalue weighted by Gasteiger charge is 2.21. The van der Waals surface area contributed by atoms with E-state index in [-0.39, 0.29) is 19.1 Å². The van der Waals surface area contributed by atoms with Gasteiger partial charge in [-0.3, -0.25) is 4.79 Å². The molecule has 0 saturated carbocycles. The number of aliphatic hydroxyl groups is 1. The lowest BCUT2D eigenvalue weighted by Crippen LogP contribution is -2.33. The SMILES string of the molecule is C=CCN(CCO)C(=O)c1sc2ccc(Br)cc2c1N. The van der Waals surface area contributed by atoms with Crippen molar-refractivity contribution in [2.24, 2.45) is 0 Å². The summed E-state index contributed by atoms with van der Waals surface area (Å²) in [5.74, 6) is -0.172. The van der Waals surface area contributed by atoms with Crippen molar-refractivity contribution in [2.45, 2.75) is 0 Å². The first-order valence-corrected chi connectivity index (χ1v) is 7.68. The highest BCUT2D eigenvalue weighted by atomic mass is 79.9. The molecule has 0 atom stereocenters. The number of carbonyl (C=O) groups is 1. The molecule has 20 heavy (non-hydrogen) atoms. The molecule has 1 aromatic heterocycles. The van der Waals surface area contributed by atoms with Crippen molar-refractivity contribution in [3.8, 4) is 0 Å². The normalized spacial score (nSPS) is 10.7. The van der Waals surface area contributed by atoms with Crippen LogP contribution in [0, 0.1) is 0 Å². The van der Waals surface area contributed by atoms with Crippen molar-refractivity contribution < 1.29 is 9.90 Å². The molecule has 4 nitrogen and oxygen atoms in total. The Morgan fingerprint density at radius 3 is 2.95 bits per heavy atom. The average Bonchev–Trinajstić information content (AvgIpc) is 2.75. The molecule has 0 saturated heterocycles. The van der Waals surface area contributed by atoms with Gasteiger partial charge in [0.25, 0.3) is 5.91 Å². The Bertz CT molecular complexity index is 654. The third kappa shape index (κ3) is 2.87. The summed E-state index contributed by atoms with van der Waals surface area (Å²) in [6.07, 6.45) is 1.63. The number of aliphatic hydroxyl groups excluding tert-OH is 1. The van der Waals surface area contributed by atoms with Gasteiger partial charge in [-0.2, -0.15) is 0 Å². The monoisotopic (exact) mass is 354 g/mol. The van der Waals surface area contributed by atoms with E-state index in [0.717, 1.165) is 14.6 Å². The average molecular weight is 355 g/mol. The molecular weight excluding hydrogens is 340 g/mol. The van der Waals surface area contributed by atoms with Crippen LogP contribution in [0.1, 0.15) is 9.67 Å². The minimum atomic E-state index is -0.172. The van der Waals surface area contributed by atoms with Gasteiger partial charge < -0.3 is 15.7 Å². The summed E-state index contributed by atoms with van der Waals surface area (Å²) in [6, 6.07) is 5.75. The van der Waals surface area contributed by atoms with E-state index >= 15 is 0 Å². The van der Waals surface area contributed by atoms with Crippen molar-refractivity contribution in [1.29, 1.82) is 0 Å². The second-order valence-electron chi connectivity index (χ2n) is 4.25. The fraction of sp³-hybridized carbons (Fsp3) is 0.214. The smallest absolute Gasteiger partial charge is 0.266 e. The Labute approximate surface area is 129 Å². The number of nitrogens with two attached hydrogens (primary N) is 1. The zero-order valence-corrected chi connectivity index (χ0v) is 13.2. The number of nitrogens with zero attached hydrogens (tertiary/aromatic N) is 1. The van der Waals surface area contributed by atoms with Crippen LogP contribution >= 0.6 is 27.3 Å². The van der Waals surface area contributed by atoms with Crippen LogP contribution in [0.2, 0.25) is 0 Å². The van der Waals surface area contributed by atoms with Crippen LogP contribution in [0.3, 0.4) is 0 Å². The van der Waals surface area contributed by atoms with Crippen LogP contribution in [0.25, 0.3) is 10.1 Å².